The quantitative estimate of drug-likeness (QED) is 0.0927. The van der Waals surface area contributed by atoms with E-state index in [1.54, 1.807) is 48.5 Å². The predicted octanol–water partition coefficient (Wildman–Crippen LogP) is 9.29. The van der Waals surface area contributed by atoms with Crippen molar-refractivity contribution in [2.24, 2.45) is 0 Å². The molecule has 0 aliphatic rings. The summed E-state index contributed by atoms with van der Waals surface area (Å²) in [6, 6.07) is 43.3. The van der Waals surface area contributed by atoms with Crippen molar-refractivity contribution >= 4 is 68.7 Å². The molecular formula is C42H34N4O4S. The summed E-state index contributed by atoms with van der Waals surface area (Å²) < 4.78 is 7.67. The number of aryl methyl sites for hydroxylation is 1. The second-order valence-corrected chi connectivity index (χ2v) is 12.9. The van der Waals surface area contributed by atoms with Crippen molar-refractivity contribution in [2.45, 2.75) is 23.6 Å². The molecule has 0 bridgehead atoms. The number of rotatable bonds is 11. The smallest absolute Gasteiger partial charge is 0.272 e. The highest BCUT2D eigenvalue weighted by Crippen LogP contribution is 2.37. The van der Waals surface area contributed by atoms with E-state index in [0.717, 1.165) is 44.5 Å². The van der Waals surface area contributed by atoms with Crippen LogP contribution < -0.4 is 16.0 Å². The molecule has 0 fully saturated rings. The topological polar surface area (TPSA) is 105 Å². The lowest BCUT2D eigenvalue weighted by Crippen LogP contribution is -2.30. The molecule has 0 aliphatic heterocycles. The minimum absolute atomic E-state index is 0.0236. The summed E-state index contributed by atoms with van der Waals surface area (Å²) in [5.41, 5.74) is 4.84. The Morgan fingerprint density at radius 2 is 1.41 bits per heavy atom. The highest BCUT2D eigenvalue weighted by molar-refractivity contribution is 8.00. The van der Waals surface area contributed by atoms with Gasteiger partial charge in [-0.3, -0.25) is 14.4 Å². The number of aromatic nitrogens is 1. The van der Waals surface area contributed by atoms with Crippen molar-refractivity contribution in [1.29, 1.82) is 0 Å². The SMILES string of the molecule is CCn1c2ccccc2c2cc(NC(=O)C(Sc3ccc(NC(=O)/C(=C/c4ccco4)NC(=O)c4ccccc4)cc3)c3ccccc3)ccc21. The Hall–Kier alpha value is -6.32. The molecule has 3 N–H and O–H groups in total. The second kappa shape index (κ2) is 15.1. The van der Waals surface area contributed by atoms with E-state index >= 15 is 0 Å². The molecule has 2 heterocycles. The molecule has 0 radical (unpaired) electrons. The molecule has 1 atom stereocenters. The van der Waals surface area contributed by atoms with E-state index < -0.39 is 17.1 Å². The number of anilines is 2. The number of amides is 3. The largest absolute Gasteiger partial charge is 0.465 e. The van der Waals surface area contributed by atoms with Gasteiger partial charge in [0.25, 0.3) is 11.8 Å². The standard InChI is InChI=1S/C42H34N4O4S/c1-2-46-37-18-10-9-17-34(37)35-26-31(21-24-38(35)46)44-42(49)39(28-12-5-3-6-13-28)51-33-22-19-30(20-23-33)43-41(48)36(27-32-16-11-25-50-32)45-40(47)29-14-7-4-8-15-29/h3-27,39H,2H2,1H3,(H,43,48)(H,44,49)(H,45,47)/b36-27-. The zero-order valence-electron chi connectivity index (χ0n) is 27.7. The summed E-state index contributed by atoms with van der Waals surface area (Å²) in [4.78, 5) is 41.1. The van der Waals surface area contributed by atoms with Crippen LogP contribution in [-0.4, -0.2) is 22.3 Å². The van der Waals surface area contributed by atoms with Crippen molar-refractivity contribution in [3.05, 3.63) is 168 Å². The Morgan fingerprint density at radius 3 is 2.14 bits per heavy atom. The molecule has 7 rings (SSSR count). The van der Waals surface area contributed by atoms with Gasteiger partial charge in [0, 0.05) is 56.3 Å². The molecule has 0 saturated carbocycles. The number of para-hydroxylation sites is 1. The third-order valence-corrected chi connectivity index (χ3v) is 9.69. The molecule has 1 unspecified atom stereocenters. The number of hydrogen-bond donors (Lipinski definition) is 3. The van der Waals surface area contributed by atoms with E-state index in [0.29, 0.717) is 17.0 Å². The molecule has 252 valence electrons. The maximum atomic E-state index is 13.9. The van der Waals surface area contributed by atoms with Crippen LogP contribution in [0.4, 0.5) is 11.4 Å². The number of carbonyl (C=O) groups excluding carboxylic acids is 3. The maximum Gasteiger partial charge on any atom is 0.272 e. The molecule has 8 nitrogen and oxygen atoms in total. The zero-order chi connectivity index (χ0) is 35.2. The molecule has 9 heteroatoms. The Balaban J connectivity index is 1.08. The fourth-order valence-electron chi connectivity index (χ4n) is 5.99. The number of fused-ring (bicyclic) bond motifs is 3. The van der Waals surface area contributed by atoms with Gasteiger partial charge in [0.1, 0.15) is 16.7 Å². The van der Waals surface area contributed by atoms with Gasteiger partial charge in [-0.1, -0.05) is 66.7 Å². The van der Waals surface area contributed by atoms with Gasteiger partial charge in [-0.15, -0.1) is 11.8 Å². The monoisotopic (exact) mass is 690 g/mol. The van der Waals surface area contributed by atoms with Crippen LogP contribution in [-0.2, 0) is 16.1 Å². The highest BCUT2D eigenvalue weighted by Gasteiger charge is 2.23. The lowest BCUT2D eigenvalue weighted by molar-refractivity contribution is -0.116. The van der Waals surface area contributed by atoms with E-state index in [-0.39, 0.29) is 11.6 Å². The number of hydrogen-bond acceptors (Lipinski definition) is 5. The van der Waals surface area contributed by atoms with E-state index in [1.165, 1.54) is 24.1 Å². The van der Waals surface area contributed by atoms with Crippen molar-refractivity contribution in [2.75, 3.05) is 10.6 Å². The molecule has 5 aromatic carbocycles. The van der Waals surface area contributed by atoms with Crippen LogP contribution in [0, 0.1) is 0 Å². The normalized spacial score (nSPS) is 12.1. The molecular weight excluding hydrogens is 657 g/mol. The van der Waals surface area contributed by atoms with Gasteiger partial charge in [0.2, 0.25) is 5.91 Å². The summed E-state index contributed by atoms with van der Waals surface area (Å²) >= 11 is 1.42. The van der Waals surface area contributed by atoms with Crippen LogP contribution in [0.2, 0.25) is 0 Å². The molecule has 2 aromatic heterocycles. The number of thioether (sulfide) groups is 1. The first-order valence-electron chi connectivity index (χ1n) is 16.5. The van der Waals surface area contributed by atoms with Crippen LogP contribution >= 0.6 is 11.8 Å². The fourth-order valence-corrected chi connectivity index (χ4v) is 7.01. The Bertz CT molecular complexity index is 2350. The summed E-state index contributed by atoms with van der Waals surface area (Å²) in [5, 5.41) is 10.4. The van der Waals surface area contributed by atoms with Gasteiger partial charge in [0.15, 0.2) is 0 Å². The van der Waals surface area contributed by atoms with Gasteiger partial charge >= 0.3 is 0 Å². The minimum atomic E-state index is -0.546. The average Bonchev–Trinajstić information content (AvgIpc) is 3.80. The highest BCUT2D eigenvalue weighted by atomic mass is 32.2. The van der Waals surface area contributed by atoms with Crippen LogP contribution in [0.3, 0.4) is 0 Å². The van der Waals surface area contributed by atoms with Crippen molar-refractivity contribution in [1.82, 2.24) is 9.88 Å². The third-order valence-electron chi connectivity index (χ3n) is 8.42. The summed E-state index contributed by atoms with van der Waals surface area (Å²) in [6.45, 7) is 2.98. The summed E-state index contributed by atoms with van der Waals surface area (Å²) in [7, 11) is 0. The zero-order valence-corrected chi connectivity index (χ0v) is 28.5. The van der Waals surface area contributed by atoms with E-state index in [9.17, 15) is 14.4 Å². The number of carbonyl (C=O) groups is 3. The molecule has 51 heavy (non-hydrogen) atoms. The van der Waals surface area contributed by atoms with Gasteiger partial charge in [-0.25, -0.2) is 0 Å². The van der Waals surface area contributed by atoms with E-state index in [2.05, 4.69) is 45.6 Å². The van der Waals surface area contributed by atoms with Crippen LogP contribution in [0.25, 0.3) is 27.9 Å². The van der Waals surface area contributed by atoms with Crippen LogP contribution in [0.5, 0.6) is 0 Å². The Labute approximate surface area is 299 Å². The van der Waals surface area contributed by atoms with Crippen LogP contribution in [0.1, 0.15) is 33.9 Å². The Kier molecular flexibility index (Phi) is 9.80. The minimum Gasteiger partial charge on any atom is -0.465 e. The average molecular weight is 691 g/mol. The maximum absolute atomic E-state index is 13.9. The Morgan fingerprint density at radius 1 is 0.725 bits per heavy atom. The molecule has 0 spiro atoms. The van der Waals surface area contributed by atoms with E-state index in [1.807, 2.05) is 72.8 Å². The fraction of sp³-hybridized carbons (Fsp3) is 0.0714. The van der Waals surface area contributed by atoms with E-state index in [4.69, 9.17) is 4.42 Å². The lowest BCUT2D eigenvalue weighted by Gasteiger charge is -2.18. The first kappa shape index (κ1) is 33.2. The summed E-state index contributed by atoms with van der Waals surface area (Å²) in [6.07, 6.45) is 2.97. The van der Waals surface area contributed by atoms with Gasteiger partial charge in [-0.2, -0.15) is 0 Å². The lowest BCUT2D eigenvalue weighted by atomic mass is 10.1. The predicted molar refractivity (Wildman–Crippen MR) is 204 cm³/mol. The first-order valence-corrected chi connectivity index (χ1v) is 17.4. The number of furan rings is 1. The van der Waals surface area contributed by atoms with Crippen molar-refractivity contribution in [3.63, 3.8) is 0 Å². The first-order chi connectivity index (χ1) is 25.0. The summed E-state index contributed by atoms with van der Waals surface area (Å²) in [5.74, 6) is -0.674. The van der Waals surface area contributed by atoms with Crippen molar-refractivity contribution in [3.8, 4) is 0 Å². The third kappa shape index (κ3) is 7.49. The van der Waals surface area contributed by atoms with Gasteiger partial charge in [0.05, 0.1) is 6.26 Å². The number of nitrogens with one attached hydrogen (secondary N) is 3. The van der Waals surface area contributed by atoms with Gasteiger partial charge < -0.3 is 24.9 Å². The molecule has 0 saturated heterocycles. The van der Waals surface area contributed by atoms with Crippen molar-refractivity contribution < 1.29 is 18.8 Å². The molecule has 0 aliphatic carbocycles. The number of benzene rings is 5. The number of nitrogens with zero attached hydrogens (tertiary/aromatic N) is 1. The molecule has 7 aromatic rings. The van der Waals surface area contributed by atoms with Crippen LogP contribution in [0.15, 0.2) is 161 Å². The second-order valence-electron chi connectivity index (χ2n) is 11.8. The molecule has 3 amide bonds. The van der Waals surface area contributed by atoms with Gasteiger partial charge in [-0.05, 0) is 85.3 Å².